The third kappa shape index (κ3) is 6.62. The molecule has 1 saturated heterocycles. The monoisotopic (exact) mass is 459 g/mol. The SMILES string of the molecule is COC(=O)c1ccc(NC(=O)CN2CCCC(CNS(=O)(=O)c3ccc(C)cc3)C2)cc1. The van der Waals surface area contributed by atoms with Gasteiger partial charge < -0.3 is 10.1 Å². The highest BCUT2D eigenvalue weighted by Gasteiger charge is 2.24. The molecule has 172 valence electrons. The van der Waals surface area contributed by atoms with E-state index in [1.807, 2.05) is 11.8 Å². The summed E-state index contributed by atoms with van der Waals surface area (Å²) in [6.07, 6.45) is 1.81. The first kappa shape index (κ1) is 23.9. The number of nitrogens with one attached hydrogen (secondary N) is 2. The smallest absolute Gasteiger partial charge is 0.337 e. The molecule has 3 rings (SSSR count). The number of nitrogens with zero attached hydrogens (tertiary/aromatic N) is 1. The third-order valence-electron chi connectivity index (χ3n) is 5.45. The number of carbonyl (C=O) groups excluding carboxylic acids is 2. The van der Waals surface area contributed by atoms with Crippen molar-refractivity contribution in [2.75, 3.05) is 38.6 Å². The fourth-order valence-corrected chi connectivity index (χ4v) is 4.82. The fraction of sp³-hybridized carbons (Fsp3) is 0.391. The normalized spacial score (nSPS) is 17.0. The van der Waals surface area contributed by atoms with Crippen LogP contribution in [-0.2, 0) is 19.6 Å². The van der Waals surface area contributed by atoms with Crippen LogP contribution in [0.1, 0.15) is 28.8 Å². The van der Waals surface area contributed by atoms with Gasteiger partial charge in [0.2, 0.25) is 15.9 Å². The number of ether oxygens (including phenoxy) is 1. The van der Waals surface area contributed by atoms with E-state index in [2.05, 4.69) is 14.8 Å². The third-order valence-corrected chi connectivity index (χ3v) is 6.89. The Kier molecular flexibility index (Phi) is 8.00. The van der Waals surface area contributed by atoms with E-state index in [1.54, 1.807) is 48.5 Å². The number of aryl methyl sites for hydroxylation is 1. The number of rotatable bonds is 8. The van der Waals surface area contributed by atoms with E-state index in [-0.39, 0.29) is 23.3 Å². The quantitative estimate of drug-likeness (QED) is 0.588. The number of hydrogen-bond donors (Lipinski definition) is 2. The zero-order valence-electron chi connectivity index (χ0n) is 18.3. The molecule has 0 aliphatic carbocycles. The first-order valence-electron chi connectivity index (χ1n) is 10.5. The molecule has 9 heteroatoms. The van der Waals surface area contributed by atoms with Crippen molar-refractivity contribution in [1.82, 2.24) is 9.62 Å². The first-order valence-corrected chi connectivity index (χ1v) is 12.0. The Morgan fingerprint density at radius 1 is 1.09 bits per heavy atom. The van der Waals surface area contributed by atoms with E-state index >= 15 is 0 Å². The molecular weight excluding hydrogens is 430 g/mol. The maximum Gasteiger partial charge on any atom is 0.337 e. The van der Waals surface area contributed by atoms with Crippen LogP contribution in [-0.4, -0.2) is 58.5 Å². The summed E-state index contributed by atoms with van der Waals surface area (Å²) in [7, 11) is -2.23. The van der Waals surface area contributed by atoms with E-state index < -0.39 is 16.0 Å². The Labute approximate surface area is 189 Å². The maximum atomic E-state index is 12.5. The fourth-order valence-electron chi connectivity index (χ4n) is 3.70. The summed E-state index contributed by atoms with van der Waals surface area (Å²) in [5.41, 5.74) is 2.02. The van der Waals surface area contributed by atoms with Crippen LogP contribution in [0.15, 0.2) is 53.4 Å². The summed E-state index contributed by atoms with van der Waals surface area (Å²) in [5, 5.41) is 2.83. The standard InChI is InChI=1S/C23H29N3O5S/c1-17-5-11-21(12-6-17)32(29,30)24-14-18-4-3-13-26(15-18)16-22(27)25-20-9-7-19(8-10-20)23(28)31-2/h5-12,18,24H,3-4,13-16H2,1-2H3,(H,25,27). The van der Waals surface area contributed by atoms with Crippen molar-refractivity contribution in [3.05, 3.63) is 59.7 Å². The summed E-state index contributed by atoms with van der Waals surface area (Å²) in [5.74, 6) is -0.451. The Balaban J connectivity index is 1.48. The lowest BCUT2D eigenvalue weighted by molar-refractivity contribution is -0.117. The second-order valence-corrected chi connectivity index (χ2v) is 9.79. The molecule has 32 heavy (non-hydrogen) atoms. The lowest BCUT2D eigenvalue weighted by atomic mass is 9.98. The average Bonchev–Trinajstić information content (AvgIpc) is 2.78. The zero-order chi connectivity index (χ0) is 23.1. The number of sulfonamides is 1. The van der Waals surface area contributed by atoms with Gasteiger partial charge in [-0.15, -0.1) is 0 Å². The molecule has 2 aromatic rings. The number of esters is 1. The van der Waals surface area contributed by atoms with Gasteiger partial charge in [0.15, 0.2) is 0 Å². The van der Waals surface area contributed by atoms with E-state index in [0.717, 1.165) is 24.9 Å². The summed E-state index contributed by atoms with van der Waals surface area (Å²) < 4.78 is 32.4. The number of hydrogen-bond acceptors (Lipinski definition) is 6. The number of anilines is 1. The molecule has 0 radical (unpaired) electrons. The molecule has 1 aliphatic rings. The van der Waals surface area contributed by atoms with Gasteiger partial charge in [-0.2, -0.15) is 0 Å². The zero-order valence-corrected chi connectivity index (χ0v) is 19.2. The topological polar surface area (TPSA) is 105 Å². The summed E-state index contributed by atoms with van der Waals surface area (Å²) in [6, 6.07) is 13.3. The lowest BCUT2D eigenvalue weighted by Crippen LogP contribution is -2.43. The molecule has 1 amide bonds. The summed E-state index contributed by atoms with van der Waals surface area (Å²) in [6.45, 7) is 3.90. The van der Waals surface area contributed by atoms with E-state index in [0.29, 0.717) is 24.3 Å². The molecule has 2 N–H and O–H groups in total. The van der Waals surface area contributed by atoms with Crippen LogP contribution in [0.3, 0.4) is 0 Å². The minimum Gasteiger partial charge on any atom is -0.465 e. The van der Waals surface area contributed by atoms with Gasteiger partial charge in [-0.25, -0.2) is 17.9 Å². The van der Waals surface area contributed by atoms with Crippen LogP contribution in [0, 0.1) is 12.8 Å². The second-order valence-electron chi connectivity index (χ2n) is 8.03. The van der Waals surface area contributed by atoms with Crippen LogP contribution in [0.4, 0.5) is 5.69 Å². The van der Waals surface area contributed by atoms with Gasteiger partial charge in [0, 0.05) is 18.8 Å². The van der Waals surface area contributed by atoms with Crippen molar-refractivity contribution in [1.29, 1.82) is 0 Å². The molecule has 2 aromatic carbocycles. The number of likely N-dealkylation sites (tertiary alicyclic amines) is 1. The van der Waals surface area contributed by atoms with Crippen LogP contribution < -0.4 is 10.0 Å². The molecule has 1 aliphatic heterocycles. The van der Waals surface area contributed by atoms with E-state index in [1.165, 1.54) is 7.11 Å². The molecule has 0 saturated carbocycles. The Bertz CT molecular complexity index is 1040. The Morgan fingerprint density at radius 3 is 2.44 bits per heavy atom. The van der Waals surface area contributed by atoms with Crippen molar-refractivity contribution >= 4 is 27.6 Å². The van der Waals surface area contributed by atoms with Gasteiger partial charge >= 0.3 is 5.97 Å². The predicted molar refractivity (Wildman–Crippen MR) is 122 cm³/mol. The molecule has 1 unspecified atom stereocenters. The first-order chi connectivity index (χ1) is 15.3. The van der Waals surface area contributed by atoms with Crippen LogP contribution in [0.25, 0.3) is 0 Å². The molecule has 1 heterocycles. The highest BCUT2D eigenvalue weighted by molar-refractivity contribution is 7.89. The Hall–Kier alpha value is -2.75. The van der Waals surface area contributed by atoms with Gasteiger partial charge in [0.1, 0.15) is 0 Å². The van der Waals surface area contributed by atoms with Crippen molar-refractivity contribution in [3.63, 3.8) is 0 Å². The largest absolute Gasteiger partial charge is 0.465 e. The van der Waals surface area contributed by atoms with Gasteiger partial charge in [-0.05, 0) is 68.6 Å². The van der Waals surface area contributed by atoms with Gasteiger partial charge in [0.25, 0.3) is 0 Å². The van der Waals surface area contributed by atoms with Crippen molar-refractivity contribution in [3.8, 4) is 0 Å². The molecule has 1 atom stereocenters. The van der Waals surface area contributed by atoms with Gasteiger partial charge in [-0.3, -0.25) is 9.69 Å². The molecule has 8 nitrogen and oxygen atoms in total. The van der Waals surface area contributed by atoms with Crippen LogP contribution >= 0.6 is 0 Å². The van der Waals surface area contributed by atoms with Crippen LogP contribution in [0.2, 0.25) is 0 Å². The minimum absolute atomic E-state index is 0.135. The maximum absolute atomic E-state index is 12.5. The average molecular weight is 460 g/mol. The van der Waals surface area contributed by atoms with E-state index in [4.69, 9.17) is 0 Å². The number of amides is 1. The highest BCUT2D eigenvalue weighted by atomic mass is 32.2. The van der Waals surface area contributed by atoms with E-state index in [9.17, 15) is 18.0 Å². The molecule has 0 spiro atoms. The Morgan fingerprint density at radius 2 is 1.78 bits per heavy atom. The molecule has 0 bridgehead atoms. The summed E-state index contributed by atoms with van der Waals surface area (Å²) in [4.78, 5) is 26.2. The number of piperidine rings is 1. The number of methoxy groups -OCH3 is 1. The van der Waals surface area contributed by atoms with Crippen LogP contribution in [0.5, 0.6) is 0 Å². The number of carbonyl (C=O) groups is 2. The highest BCUT2D eigenvalue weighted by Crippen LogP contribution is 2.18. The van der Waals surface area contributed by atoms with Crippen molar-refractivity contribution in [2.45, 2.75) is 24.7 Å². The van der Waals surface area contributed by atoms with Gasteiger partial charge in [0.05, 0.1) is 24.1 Å². The molecule has 0 aromatic heterocycles. The lowest BCUT2D eigenvalue weighted by Gasteiger charge is -2.32. The second kappa shape index (κ2) is 10.7. The molecular formula is C23H29N3O5S. The minimum atomic E-state index is -3.55. The van der Waals surface area contributed by atoms with Crippen molar-refractivity contribution < 1.29 is 22.7 Å². The predicted octanol–water partition coefficient (Wildman–Crippen LogP) is 2.41. The van der Waals surface area contributed by atoms with Gasteiger partial charge in [-0.1, -0.05) is 17.7 Å². The van der Waals surface area contributed by atoms with Crippen molar-refractivity contribution in [2.24, 2.45) is 5.92 Å². The summed E-state index contributed by atoms with van der Waals surface area (Å²) >= 11 is 0. The molecule has 1 fully saturated rings. The number of benzene rings is 2.